The number of piperidine rings is 1. The highest BCUT2D eigenvalue weighted by molar-refractivity contribution is 5.79. The van der Waals surface area contributed by atoms with Gasteiger partial charge in [0.15, 0.2) is 0 Å². The van der Waals surface area contributed by atoms with Crippen LogP contribution >= 0.6 is 0 Å². The van der Waals surface area contributed by atoms with Crippen molar-refractivity contribution in [2.75, 3.05) is 6.54 Å². The molecule has 2 atom stereocenters. The first-order chi connectivity index (χ1) is 5.25. The Kier molecular flexibility index (Phi) is 2.69. The predicted molar refractivity (Wildman–Crippen MR) is 45.1 cm³/mol. The average molecular weight is 153 g/mol. The van der Waals surface area contributed by atoms with Crippen LogP contribution < -0.4 is 5.32 Å². The lowest BCUT2D eigenvalue weighted by Crippen LogP contribution is -2.38. The zero-order valence-electron chi connectivity index (χ0n) is 6.97. The Morgan fingerprint density at radius 2 is 2.55 bits per heavy atom. The number of nitrogens with one attached hydrogen (secondary N) is 1. The third kappa shape index (κ3) is 1.82. The van der Waals surface area contributed by atoms with Gasteiger partial charge in [0.05, 0.1) is 0 Å². The first-order valence-electron chi connectivity index (χ1n) is 4.16. The fourth-order valence-electron chi connectivity index (χ4n) is 1.46. The molecule has 0 aromatic carbocycles. The van der Waals surface area contributed by atoms with E-state index in [0.717, 1.165) is 19.4 Å². The molecule has 62 valence electrons. The van der Waals surface area contributed by atoms with Crippen molar-refractivity contribution in [3.05, 3.63) is 12.7 Å². The number of hydrogen-bond donors (Lipinski definition) is 1. The van der Waals surface area contributed by atoms with Crippen molar-refractivity contribution in [3.8, 4) is 0 Å². The Bertz CT molecular complexity index is 165. The first-order valence-corrected chi connectivity index (χ1v) is 4.16. The van der Waals surface area contributed by atoms with E-state index in [-0.39, 0.29) is 11.8 Å². The minimum absolute atomic E-state index is 0.168. The predicted octanol–water partition coefficient (Wildman–Crippen LogP) is 1.33. The van der Waals surface area contributed by atoms with E-state index in [2.05, 4.69) is 11.9 Å². The highest BCUT2D eigenvalue weighted by Crippen LogP contribution is 2.20. The van der Waals surface area contributed by atoms with Crippen LogP contribution in [0.15, 0.2) is 12.7 Å². The second kappa shape index (κ2) is 3.56. The molecule has 2 heteroatoms. The van der Waals surface area contributed by atoms with E-state index in [4.69, 9.17) is 0 Å². The van der Waals surface area contributed by atoms with Crippen LogP contribution in [0.2, 0.25) is 0 Å². The lowest BCUT2D eigenvalue weighted by molar-refractivity contribution is -0.127. The smallest absolute Gasteiger partial charge is 0.223 e. The van der Waals surface area contributed by atoms with Gasteiger partial charge in [-0.3, -0.25) is 4.79 Å². The molecule has 2 nitrogen and oxygen atoms in total. The molecule has 0 aromatic rings. The monoisotopic (exact) mass is 153 g/mol. The number of carbonyl (C=O) groups excluding carboxylic acids is 1. The summed E-state index contributed by atoms with van der Waals surface area (Å²) in [5, 5.41) is 2.86. The van der Waals surface area contributed by atoms with Gasteiger partial charge in [-0.25, -0.2) is 0 Å². The SMILES string of the molecule is C=CC(C)C1CCCNC1=O. The molecule has 1 saturated heterocycles. The molecule has 0 saturated carbocycles. The van der Waals surface area contributed by atoms with Crippen LogP contribution in [0.4, 0.5) is 0 Å². The molecule has 0 spiro atoms. The zero-order chi connectivity index (χ0) is 8.27. The number of carbonyl (C=O) groups is 1. The molecule has 1 fully saturated rings. The molecule has 1 amide bonds. The van der Waals surface area contributed by atoms with Crippen LogP contribution in [0.3, 0.4) is 0 Å². The molecule has 0 aromatic heterocycles. The summed E-state index contributed by atoms with van der Waals surface area (Å²) in [4.78, 5) is 11.2. The summed E-state index contributed by atoms with van der Waals surface area (Å²) >= 11 is 0. The Labute approximate surface area is 67.7 Å². The molecule has 1 rings (SSSR count). The standard InChI is InChI=1S/C9H15NO/c1-3-7(2)8-5-4-6-10-9(8)11/h3,7-8H,1,4-6H2,2H3,(H,10,11). The molecule has 1 aliphatic rings. The van der Waals surface area contributed by atoms with Crippen molar-refractivity contribution in [3.63, 3.8) is 0 Å². The van der Waals surface area contributed by atoms with Gasteiger partial charge in [0.25, 0.3) is 0 Å². The normalized spacial score (nSPS) is 27.4. The fraction of sp³-hybridized carbons (Fsp3) is 0.667. The second-order valence-electron chi connectivity index (χ2n) is 3.13. The van der Waals surface area contributed by atoms with Crippen LogP contribution in [0, 0.1) is 11.8 Å². The molecule has 0 aliphatic carbocycles. The van der Waals surface area contributed by atoms with Gasteiger partial charge in [-0.05, 0) is 18.8 Å². The third-order valence-corrected chi connectivity index (χ3v) is 2.33. The Morgan fingerprint density at radius 3 is 3.09 bits per heavy atom. The fourth-order valence-corrected chi connectivity index (χ4v) is 1.46. The van der Waals surface area contributed by atoms with Gasteiger partial charge in [-0.15, -0.1) is 6.58 Å². The van der Waals surface area contributed by atoms with Crippen molar-refractivity contribution in [2.24, 2.45) is 11.8 Å². The zero-order valence-corrected chi connectivity index (χ0v) is 6.97. The summed E-state index contributed by atoms with van der Waals surface area (Å²) in [5.41, 5.74) is 0. The maximum atomic E-state index is 11.2. The minimum atomic E-state index is 0.168. The van der Waals surface area contributed by atoms with Gasteiger partial charge in [-0.1, -0.05) is 13.0 Å². The number of rotatable bonds is 2. The molecule has 0 bridgehead atoms. The molecule has 1 aliphatic heterocycles. The molecule has 2 unspecified atom stereocenters. The largest absolute Gasteiger partial charge is 0.356 e. The van der Waals surface area contributed by atoms with E-state index in [9.17, 15) is 4.79 Å². The molecular formula is C9H15NO. The maximum Gasteiger partial charge on any atom is 0.223 e. The van der Waals surface area contributed by atoms with Crippen molar-refractivity contribution in [2.45, 2.75) is 19.8 Å². The quantitative estimate of drug-likeness (QED) is 0.596. The van der Waals surface area contributed by atoms with Crippen LogP contribution in [-0.2, 0) is 4.79 Å². The van der Waals surface area contributed by atoms with Crippen LogP contribution in [0.5, 0.6) is 0 Å². The molecular weight excluding hydrogens is 138 g/mol. The average Bonchev–Trinajstić information content (AvgIpc) is 2.04. The molecule has 0 radical (unpaired) electrons. The topological polar surface area (TPSA) is 29.1 Å². The van der Waals surface area contributed by atoms with Gasteiger partial charge in [0, 0.05) is 12.5 Å². The summed E-state index contributed by atoms with van der Waals surface area (Å²) in [6.07, 6.45) is 3.98. The van der Waals surface area contributed by atoms with Gasteiger partial charge >= 0.3 is 0 Å². The highest BCUT2D eigenvalue weighted by Gasteiger charge is 2.25. The van der Waals surface area contributed by atoms with Gasteiger partial charge in [-0.2, -0.15) is 0 Å². The van der Waals surface area contributed by atoms with Crippen molar-refractivity contribution in [1.82, 2.24) is 5.32 Å². The van der Waals surface area contributed by atoms with Crippen molar-refractivity contribution in [1.29, 1.82) is 0 Å². The van der Waals surface area contributed by atoms with E-state index < -0.39 is 0 Å². The number of hydrogen-bond acceptors (Lipinski definition) is 1. The van der Waals surface area contributed by atoms with Crippen molar-refractivity contribution < 1.29 is 4.79 Å². The van der Waals surface area contributed by atoms with Gasteiger partial charge in [0.1, 0.15) is 0 Å². The maximum absolute atomic E-state index is 11.2. The summed E-state index contributed by atoms with van der Waals surface area (Å²) in [5.74, 6) is 0.681. The Hall–Kier alpha value is -0.790. The Balaban J connectivity index is 2.53. The second-order valence-corrected chi connectivity index (χ2v) is 3.13. The van der Waals surface area contributed by atoms with E-state index >= 15 is 0 Å². The minimum Gasteiger partial charge on any atom is -0.356 e. The van der Waals surface area contributed by atoms with Crippen LogP contribution in [0.1, 0.15) is 19.8 Å². The summed E-state index contributed by atoms with van der Waals surface area (Å²) in [6.45, 7) is 6.58. The highest BCUT2D eigenvalue weighted by atomic mass is 16.1. The summed E-state index contributed by atoms with van der Waals surface area (Å²) in [6, 6.07) is 0. The lowest BCUT2D eigenvalue weighted by Gasteiger charge is -2.24. The van der Waals surface area contributed by atoms with E-state index in [1.807, 2.05) is 13.0 Å². The molecule has 1 heterocycles. The third-order valence-electron chi connectivity index (χ3n) is 2.33. The molecule has 11 heavy (non-hydrogen) atoms. The van der Waals surface area contributed by atoms with Crippen LogP contribution in [-0.4, -0.2) is 12.5 Å². The van der Waals surface area contributed by atoms with E-state index in [1.165, 1.54) is 0 Å². The lowest BCUT2D eigenvalue weighted by atomic mass is 9.87. The van der Waals surface area contributed by atoms with Crippen LogP contribution in [0.25, 0.3) is 0 Å². The van der Waals surface area contributed by atoms with E-state index in [0.29, 0.717) is 5.92 Å². The summed E-state index contributed by atoms with van der Waals surface area (Å²) in [7, 11) is 0. The Morgan fingerprint density at radius 1 is 1.82 bits per heavy atom. The van der Waals surface area contributed by atoms with Crippen molar-refractivity contribution >= 4 is 5.91 Å². The number of allylic oxidation sites excluding steroid dienone is 1. The number of amides is 1. The van der Waals surface area contributed by atoms with Gasteiger partial charge in [0.2, 0.25) is 5.91 Å². The summed E-state index contributed by atoms with van der Waals surface area (Å²) < 4.78 is 0. The van der Waals surface area contributed by atoms with Gasteiger partial charge < -0.3 is 5.32 Å². The molecule has 1 N–H and O–H groups in total. The first kappa shape index (κ1) is 8.31. The van der Waals surface area contributed by atoms with E-state index in [1.54, 1.807) is 0 Å².